The Balaban J connectivity index is 2.41. The number of β-amino-alcohol motifs (C(OH)–C–C–N with tert-alkyl or cyclic N) is 1. The number of alkyl halides is 3. The maximum absolute atomic E-state index is 13.0. The molecular weight excluding hydrogens is 269 g/mol. The number of anilines is 1. The highest BCUT2D eigenvalue weighted by Gasteiger charge is 2.36. The number of nitrogens with zero attached hydrogens (tertiary/aromatic N) is 2. The highest BCUT2D eigenvalue weighted by Crippen LogP contribution is 2.38. The van der Waals surface area contributed by atoms with Gasteiger partial charge < -0.3 is 10.0 Å². The number of piperidine rings is 1. The minimum atomic E-state index is -4.47. The van der Waals surface area contributed by atoms with Crippen LogP contribution in [0.3, 0.4) is 0 Å². The van der Waals surface area contributed by atoms with Gasteiger partial charge in [-0.1, -0.05) is 6.92 Å². The zero-order valence-electron chi connectivity index (χ0n) is 11.0. The van der Waals surface area contributed by atoms with Crippen molar-refractivity contribution in [2.24, 2.45) is 5.92 Å². The lowest BCUT2D eigenvalue weighted by Crippen LogP contribution is -2.43. The molecule has 0 spiro atoms. The van der Waals surface area contributed by atoms with Crippen molar-refractivity contribution in [1.82, 2.24) is 0 Å². The Morgan fingerprint density at radius 2 is 2.10 bits per heavy atom. The van der Waals surface area contributed by atoms with Gasteiger partial charge in [-0.05, 0) is 30.5 Å². The average molecular weight is 284 g/mol. The molecule has 1 aliphatic rings. The summed E-state index contributed by atoms with van der Waals surface area (Å²) >= 11 is 0. The minimum absolute atomic E-state index is 0.0255. The van der Waals surface area contributed by atoms with Gasteiger partial charge in [-0.2, -0.15) is 18.4 Å². The van der Waals surface area contributed by atoms with Gasteiger partial charge >= 0.3 is 6.18 Å². The third-order valence-electron chi connectivity index (χ3n) is 3.69. The number of aliphatic hydroxyl groups excluding tert-OH is 1. The molecule has 3 nitrogen and oxygen atoms in total. The highest BCUT2D eigenvalue weighted by molar-refractivity contribution is 5.59. The second-order valence-corrected chi connectivity index (χ2v) is 5.12. The van der Waals surface area contributed by atoms with Crippen LogP contribution < -0.4 is 4.90 Å². The van der Waals surface area contributed by atoms with E-state index in [4.69, 9.17) is 5.26 Å². The molecule has 2 atom stereocenters. The van der Waals surface area contributed by atoms with Gasteiger partial charge in [0, 0.05) is 13.1 Å². The average Bonchev–Trinajstić information content (AvgIpc) is 2.40. The first-order chi connectivity index (χ1) is 9.32. The third kappa shape index (κ3) is 2.88. The van der Waals surface area contributed by atoms with Crippen molar-refractivity contribution in [3.05, 3.63) is 29.3 Å². The number of rotatable bonds is 1. The van der Waals surface area contributed by atoms with Crippen LogP contribution in [0.5, 0.6) is 0 Å². The molecule has 0 saturated carbocycles. The molecule has 0 unspecified atom stereocenters. The lowest BCUT2D eigenvalue weighted by atomic mass is 9.95. The summed E-state index contributed by atoms with van der Waals surface area (Å²) < 4.78 is 39.1. The summed E-state index contributed by atoms with van der Waals surface area (Å²) in [4.78, 5) is 1.51. The molecule has 1 fully saturated rings. The molecule has 1 N–H and O–H groups in total. The summed E-state index contributed by atoms with van der Waals surface area (Å²) in [6.07, 6.45) is -4.51. The van der Waals surface area contributed by atoms with E-state index in [1.807, 2.05) is 13.0 Å². The highest BCUT2D eigenvalue weighted by atomic mass is 19.4. The molecule has 0 radical (unpaired) electrons. The smallest absolute Gasteiger partial charge is 0.391 e. The fourth-order valence-corrected chi connectivity index (χ4v) is 2.37. The molecule has 1 saturated heterocycles. The number of nitriles is 1. The molecule has 6 heteroatoms. The van der Waals surface area contributed by atoms with Gasteiger partial charge in [0.25, 0.3) is 0 Å². The van der Waals surface area contributed by atoms with Gasteiger partial charge in [-0.15, -0.1) is 0 Å². The molecule has 1 aromatic carbocycles. The van der Waals surface area contributed by atoms with E-state index in [-0.39, 0.29) is 23.7 Å². The van der Waals surface area contributed by atoms with Crippen molar-refractivity contribution in [3.8, 4) is 6.07 Å². The first kappa shape index (κ1) is 14.7. The van der Waals surface area contributed by atoms with E-state index in [1.54, 1.807) is 0 Å². The largest absolute Gasteiger partial charge is 0.418 e. The van der Waals surface area contributed by atoms with Crippen LogP contribution in [0.15, 0.2) is 18.2 Å². The van der Waals surface area contributed by atoms with Crippen LogP contribution >= 0.6 is 0 Å². The van der Waals surface area contributed by atoms with Crippen molar-refractivity contribution < 1.29 is 18.3 Å². The van der Waals surface area contributed by atoms with E-state index >= 15 is 0 Å². The van der Waals surface area contributed by atoms with E-state index in [9.17, 15) is 18.3 Å². The molecular formula is C14H15F3N2O. The summed E-state index contributed by atoms with van der Waals surface area (Å²) in [6, 6.07) is 5.18. The summed E-state index contributed by atoms with van der Waals surface area (Å²) in [5.74, 6) is 0.0692. The Kier molecular flexibility index (Phi) is 3.91. The van der Waals surface area contributed by atoms with Crippen molar-refractivity contribution in [2.45, 2.75) is 25.6 Å². The first-order valence-electron chi connectivity index (χ1n) is 6.37. The van der Waals surface area contributed by atoms with Crippen molar-refractivity contribution in [1.29, 1.82) is 5.26 Å². The molecule has 0 aliphatic carbocycles. The van der Waals surface area contributed by atoms with Gasteiger partial charge in [-0.3, -0.25) is 0 Å². The summed E-state index contributed by atoms with van der Waals surface area (Å²) in [5.41, 5.74) is -0.609. The van der Waals surface area contributed by atoms with Crippen LogP contribution in [0.1, 0.15) is 24.5 Å². The second kappa shape index (κ2) is 5.33. The number of halogens is 3. The topological polar surface area (TPSA) is 47.3 Å². The summed E-state index contributed by atoms with van der Waals surface area (Å²) in [7, 11) is 0. The normalized spacial score (nSPS) is 23.5. The van der Waals surface area contributed by atoms with E-state index in [0.29, 0.717) is 13.0 Å². The Labute approximate surface area is 115 Å². The monoisotopic (exact) mass is 284 g/mol. The number of hydrogen-bond acceptors (Lipinski definition) is 3. The van der Waals surface area contributed by atoms with E-state index in [0.717, 1.165) is 12.1 Å². The summed E-state index contributed by atoms with van der Waals surface area (Å²) in [5, 5.41) is 18.7. The molecule has 20 heavy (non-hydrogen) atoms. The predicted molar refractivity (Wildman–Crippen MR) is 68.2 cm³/mol. The van der Waals surface area contributed by atoms with E-state index in [2.05, 4.69) is 0 Å². The van der Waals surface area contributed by atoms with Crippen LogP contribution in [-0.4, -0.2) is 24.3 Å². The maximum atomic E-state index is 13.0. The lowest BCUT2D eigenvalue weighted by molar-refractivity contribution is -0.137. The van der Waals surface area contributed by atoms with Crippen molar-refractivity contribution in [3.63, 3.8) is 0 Å². The molecule has 1 aromatic rings. The molecule has 108 valence electrons. The Bertz CT molecular complexity index is 536. The van der Waals surface area contributed by atoms with Crippen LogP contribution in [-0.2, 0) is 6.18 Å². The van der Waals surface area contributed by atoms with Crippen LogP contribution in [0, 0.1) is 17.2 Å². The third-order valence-corrected chi connectivity index (χ3v) is 3.69. The quantitative estimate of drug-likeness (QED) is 0.862. The lowest BCUT2D eigenvalue weighted by Gasteiger charge is -2.37. The van der Waals surface area contributed by atoms with Gasteiger partial charge in [0.1, 0.15) is 0 Å². The van der Waals surface area contributed by atoms with Gasteiger partial charge in [0.15, 0.2) is 0 Å². The standard InChI is InChI=1S/C14H15F3N2O/c1-9-4-5-19(8-13(9)20)12-6-10(7-18)2-3-11(12)14(15,16)17/h2-3,6,9,13,20H,4-5,8H2,1H3/t9-,13+/m1/s1. The van der Waals surface area contributed by atoms with Gasteiger partial charge in [0.2, 0.25) is 0 Å². The SMILES string of the molecule is C[C@@H]1CCN(c2cc(C#N)ccc2C(F)(F)F)C[C@@H]1O. The number of hydrogen-bond donors (Lipinski definition) is 1. The second-order valence-electron chi connectivity index (χ2n) is 5.12. The molecule has 0 aromatic heterocycles. The number of aliphatic hydroxyl groups is 1. The predicted octanol–water partition coefficient (Wildman–Crippen LogP) is 2.78. The van der Waals surface area contributed by atoms with E-state index in [1.165, 1.54) is 11.0 Å². The fourth-order valence-electron chi connectivity index (χ4n) is 2.37. The molecule has 1 aliphatic heterocycles. The Morgan fingerprint density at radius 1 is 1.40 bits per heavy atom. The molecule has 0 amide bonds. The maximum Gasteiger partial charge on any atom is 0.418 e. The van der Waals surface area contributed by atoms with Crippen molar-refractivity contribution in [2.75, 3.05) is 18.0 Å². The number of benzene rings is 1. The zero-order valence-corrected chi connectivity index (χ0v) is 11.0. The molecule has 1 heterocycles. The zero-order chi connectivity index (χ0) is 14.9. The van der Waals surface area contributed by atoms with Gasteiger partial charge in [0.05, 0.1) is 29.0 Å². The Morgan fingerprint density at radius 3 is 2.65 bits per heavy atom. The first-order valence-corrected chi connectivity index (χ1v) is 6.37. The van der Waals surface area contributed by atoms with Crippen LogP contribution in [0.4, 0.5) is 18.9 Å². The molecule has 0 bridgehead atoms. The fraction of sp³-hybridized carbons (Fsp3) is 0.500. The minimum Gasteiger partial charge on any atom is -0.391 e. The van der Waals surface area contributed by atoms with Crippen molar-refractivity contribution >= 4 is 5.69 Å². The molecule has 2 rings (SSSR count). The van der Waals surface area contributed by atoms with Crippen LogP contribution in [0.25, 0.3) is 0 Å². The summed E-state index contributed by atoms with van der Waals surface area (Å²) in [6.45, 7) is 2.47. The van der Waals surface area contributed by atoms with Gasteiger partial charge in [-0.25, -0.2) is 0 Å². The van der Waals surface area contributed by atoms with E-state index < -0.39 is 17.8 Å². The Hall–Kier alpha value is -1.74. The van der Waals surface area contributed by atoms with Crippen LogP contribution in [0.2, 0.25) is 0 Å².